The third kappa shape index (κ3) is 4.98. The second kappa shape index (κ2) is 9.32. The van der Waals surface area contributed by atoms with Crippen LogP contribution in [0.1, 0.15) is 62.4 Å². The Hall–Kier alpha value is -2.22. The molecular weight excluding hydrogens is 360 g/mol. The minimum Gasteiger partial charge on any atom is -0.384 e. The highest BCUT2D eigenvalue weighted by atomic mass is 16.5. The van der Waals surface area contributed by atoms with Crippen LogP contribution in [-0.2, 0) is 14.3 Å². The number of ether oxygens (including phenoxy) is 1. The molecule has 2 fully saturated rings. The summed E-state index contributed by atoms with van der Waals surface area (Å²) < 4.78 is 4.98. The average Bonchev–Trinajstić information content (AvgIpc) is 2.71. The number of amides is 2. The standard InChI is InChI=1S/C20H30N4O4/c1-14(25)24-8-3-4-16(13-24)17-12-18(26)22-20(21-17)15-5-9-23(10-6-15)19(27)7-11-28-2/h12,15-16H,3-11,13H2,1-2H3,(H,21,22,26). The van der Waals surface area contributed by atoms with Crippen molar-refractivity contribution in [3.05, 3.63) is 27.9 Å². The van der Waals surface area contributed by atoms with Crippen molar-refractivity contribution >= 4 is 11.8 Å². The molecule has 1 unspecified atom stereocenters. The van der Waals surface area contributed by atoms with E-state index < -0.39 is 0 Å². The van der Waals surface area contributed by atoms with Gasteiger partial charge in [-0.3, -0.25) is 14.4 Å². The van der Waals surface area contributed by atoms with E-state index in [1.54, 1.807) is 20.1 Å². The maximum Gasteiger partial charge on any atom is 0.251 e. The second-order valence-electron chi connectivity index (χ2n) is 7.76. The minimum atomic E-state index is -0.140. The van der Waals surface area contributed by atoms with Crippen molar-refractivity contribution in [3.8, 4) is 0 Å². The zero-order valence-electron chi connectivity index (χ0n) is 16.8. The van der Waals surface area contributed by atoms with E-state index in [0.29, 0.717) is 38.5 Å². The van der Waals surface area contributed by atoms with Gasteiger partial charge in [0, 0.05) is 58.1 Å². The van der Waals surface area contributed by atoms with Gasteiger partial charge in [-0.25, -0.2) is 4.98 Å². The van der Waals surface area contributed by atoms with Gasteiger partial charge in [-0.15, -0.1) is 0 Å². The molecule has 8 heteroatoms. The molecule has 2 saturated heterocycles. The second-order valence-corrected chi connectivity index (χ2v) is 7.76. The monoisotopic (exact) mass is 390 g/mol. The molecule has 154 valence electrons. The summed E-state index contributed by atoms with van der Waals surface area (Å²) >= 11 is 0. The molecule has 0 bridgehead atoms. The molecule has 0 saturated carbocycles. The molecule has 0 aliphatic carbocycles. The summed E-state index contributed by atoms with van der Waals surface area (Å²) in [7, 11) is 1.59. The Balaban J connectivity index is 1.66. The molecule has 1 atom stereocenters. The Bertz CT molecular complexity index is 755. The van der Waals surface area contributed by atoms with Crippen molar-refractivity contribution in [2.24, 2.45) is 0 Å². The fraction of sp³-hybridized carbons (Fsp3) is 0.700. The highest BCUT2D eigenvalue weighted by Crippen LogP contribution is 2.29. The van der Waals surface area contributed by atoms with E-state index in [9.17, 15) is 14.4 Å². The van der Waals surface area contributed by atoms with Crippen LogP contribution in [-0.4, -0.2) is 71.5 Å². The van der Waals surface area contributed by atoms with Gasteiger partial charge in [-0.05, 0) is 25.7 Å². The van der Waals surface area contributed by atoms with Crippen LogP contribution in [0.3, 0.4) is 0 Å². The van der Waals surface area contributed by atoms with Crippen molar-refractivity contribution in [3.63, 3.8) is 0 Å². The van der Waals surface area contributed by atoms with Crippen LogP contribution in [0.2, 0.25) is 0 Å². The van der Waals surface area contributed by atoms with Gasteiger partial charge in [0.1, 0.15) is 5.82 Å². The van der Waals surface area contributed by atoms with Gasteiger partial charge in [0.05, 0.1) is 18.7 Å². The van der Waals surface area contributed by atoms with Gasteiger partial charge in [0.2, 0.25) is 11.8 Å². The normalized spacial score (nSPS) is 21.0. The number of methoxy groups -OCH3 is 1. The first-order valence-corrected chi connectivity index (χ1v) is 10.1. The van der Waals surface area contributed by atoms with E-state index in [1.807, 2.05) is 9.80 Å². The van der Waals surface area contributed by atoms with Gasteiger partial charge in [-0.1, -0.05) is 0 Å². The fourth-order valence-corrected chi connectivity index (χ4v) is 4.15. The molecule has 28 heavy (non-hydrogen) atoms. The molecule has 1 aromatic rings. The molecular formula is C20H30N4O4. The maximum absolute atomic E-state index is 12.2. The van der Waals surface area contributed by atoms with E-state index in [4.69, 9.17) is 9.72 Å². The van der Waals surface area contributed by atoms with E-state index in [2.05, 4.69) is 4.98 Å². The lowest BCUT2D eigenvalue weighted by molar-refractivity contribution is -0.133. The predicted molar refractivity (Wildman–Crippen MR) is 104 cm³/mol. The first-order chi connectivity index (χ1) is 13.5. The Kier molecular flexibility index (Phi) is 6.83. The van der Waals surface area contributed by atoms with Gasteiger partial charge in [0.15, 0.2) is 0 Å². The number of nitrogens with zero attached hydrogens (tertiary/aromatic N) is 3. The van der Waals surface area contributed by atoms with Crippen LogP contribution >= 0.6 is 0 Å². The largest absolute Gasteiger partial charge is 0.384 e. The Morgan fingerprint density at radius 2 is 1.93 bits per heavy atom. The highest BCUT2D eigenvalue weighted by molar-refractivity contribution is 5.76. The number of likely N-dealkylation sites (tertiary alicyclic amines) is 2. The van der Waals surface area contributed by atoms with E-state index in [-0.39, 0.29) is 29.2 Å². The van der Waals surface area contributed by atoms with Gasteiger partial charge >= 0.3 is 0 Å². The number of piperidine rings is 2. The van der Waals surface area contributed by atoms with E-state index in [1.165, 1.54) is 0 Å². The minimum absolute atomic E-state index is 0.0697. The molecule has 3 heterocycles. The number of nitrogens with one attached hydrogen (secondary N) is 1. The average molecular weight is 390 g/mol. The van der Waals surface area contributed by atoms with Crippen molar-refractivity contribution in [2.75, 3.05) is 39.9 Å². The topological polar surface area (TPSA) is 95.6 Å². The lowest BCUT2D eigenvalue weighted by atomic mass is 9.93. The molecule has 2 aliphatic heterocycles. The lowest BCUT2D eigenvalue weighted by Gasteiger charge is -2.33. The van der Waals surface area contributed by atoms with Gasteiger partial charge in [-0.2, -0.15) is 0 Å². The lowest BCUT2D eigenvalue weighted by Crippen LogP contribution is -2.39. The Morgan fingerprint density at radius 3 is 2.61 bits per heavy atom. The number of carbonyl (C=O) groups excluding carboxylic acids is 2. The van der Waals surface area contributed by atoms with Crippen molar-refractivity contribution < 1.29 is 14.3 Å². The Morgan fingerprint density at radius 1 is 1.18 bits per heavy atom. The number of carbonyl (C=O) groups is 2. The predicted octanol–water partition coefficient (Wildman–Crippen LogP) is 1.24. The van der Waals surface area contributed by atoms with Crippen LogP contribution in [0.5, 0.6) is 0 Å². The number of rotatable bonds is 5. The van der Waals surface area contributed by atoms with Gasteiger partial charge < -0.3 is 19.5 Å². The molecule has 1 N–H and O–H groups in total. The molecule has 2 aliphatic rings. The SMILES string of the molecule is COCCC(=O)N1CCC(c2nc(C3CCCN(C(C)=O)C3)cc(=O)[nH]2)CC1. The summed E-state index contributed by atoms with van der Waals surface area (Å²) in [6.45, 7) is 4.76. The number of H-pyrrole nitrogens is 1. The van der Waals surface area contributed by atoms with Crippen LogP contribution in [0, 0.1) is 0 Å². The van der Waals surface area contributed by atoms with Crippen molar-refractivity contribution in [1.29, 1.82) is 0 Å². The molecule has 1 aromatic heterocycles. The third-order valence-electron chi connectivity index (χ3n) is 5.82. The number of aromatic nitrogens is 2. The summed E-state index contributed by atoms with van der Waals surface area (Å²) in [5.74, 6) is 1.15. The molecule has 0 aromatic carbocycles. The summed E-state index contributed by atoms with van der Waals surface area (Å²) in [6, 6.07) is 1.57. The Labute approximate surface area is 165 Å². The van der Waals surface area contributed by atoms with E-state index in [0.717, 1.165) is 37.9 Å². The van der Waals surface area contributed by atoms with E-state index >= 15 is 0 Å². The molecule has 0 radical (unpaired) electrons. The molecule has 2 amide bonds. The first kappa shape index (κ1) is 20.5. The smallest absolute Gasteiger partial charge is 0.251 e. The summed E-state index contributed by atoms with van der Waals surface area (Å²) in [6.07, 6.45) is 3.84. The van der Waals surface area contributed by atoms with Crippen LogP contribution in [0.25, 0.3) is 0 Å². The van der Waals surface area contributed by atoms with Crippen LogP contribution in [0.4, 0.5) is 0 Å². The van der Waals surface area contributed by atoms with Crippen LogP contribution in [0.15, 0.2) is 10.9 Å². The van der Waals surface area contributed by atoms with Gasteiger partial charge in [0.25, 0.3) is 5.56 Å². The summed E-state index contributed by atoms with van der Waals surface area (Å²) in [5.41, 5.74) is 0.641. The maximum atomic E-state index is 12.2. The first-order valence-electron chi connectivity index (χ1n) is 10.1. The highest BCUT2D eigenvalue weighted by Gasteiger charge is 2.28. The molecule has 3 rings (SSSR count). The molecule has 8 nitrogen and oxygen atoms in total. The number of hydrogen-bond acceptors (Lipinski definition) is 5. The van der Waals surface area contributed by atoms with Crippen LogP contribution < -0.4 is 5.56 Å². The fourth-order valence-electron chi connectivity index (χ4n) is 4.15. The zero-order chi connectivity index (χ0) is 20.1. The summed E-state index contributed by atoms with van der Waals surface area (Å²) in [5, 5.41) is 0. The zero-order valence-corrected chi connectivity index (χ0v) is 16.8. The van der Waals surface area contributed by atoms with Crippen molar-refractivity contribution in [1.82, 2.24) is 19.8 Å². The molecule has 0 spiro atoms. The number of aromatic amines is 1. The quantitative estimate of drug-likeness (QED) is 0.816. The third-order valence-corrected chi connectivity index (χ3v) is 5.82. The summed E-state index contributed by atoms with van der Waals surface area (Å²) in [4.78, 5) is 47.5. The number of hydrogen-bond donors (Lipinski definition) is 1. The van der Waals surface area contributed by atoms with Crippen molar-refractivity contribution in [2.45, 2.75) is 50.9 Å².